The average Bonchev–Trinajstić information content (AvgIpc) is 2.80. The van der Waals surface area contributed by atoms with Gasteiger partial charge in [-0.2, -0.15) is 5.10 Å². The van der Waals surface area contributed by atoms with Crippen LogP contribution in [0, 0.1) is 11.8 Å². The SMILES string of the molecule is O=C(NC[C@@H]1CN(C2CCC2)Cc2ccnn2C1)C1CC(F)(F)C1. The molecule has 2 heterocycles. The predicted molar refractivity (Wildman–Crippen MR) is 84.4 cm³/mol. The first kappa shape index (κ1) is 16.0. The second-order valence-corrected chi connectivity index (χ2v) is 7.59. The third-order valence-corrected chi connectivity index (χ3v) is 5.71. The lowest BCUT2D eigenvalue weighted by Gasteiger charge is -2.38. The van der Waals surface area contributed by atoms with Gasteiger partial charge in [-0.1, -0.05) is 6.42 Å². The summed E-state index contributed by atoms with van der Waals surface area (Å²) in [5, 5.41) is 7.29. The van der Waals surface area contributed by atoms with E-state index >= 15 is 0 Å². The van der Waals surface area contributed by atoms with Crippen LogP contribution in [-0.4, -0.2) is 45.6 Å². The van der Waals surface area contributed by atoms with Crippen molar-refractivity contribution >= 4 is 5.91 Å². The molecule has 1 aliphatic heterocycles. The number of alkyl halides is 2. The molecule has 4 rings (SSSR count). The fraction of sp³-hybridized carbons (Fsp3) is 0.765. The lowest BCUT2D eigenvalue weighted by atomic mass is 9.80. The Kier molecular flexibility index (Phi) is 4.06. The molecule has 0 unspecified atom stereocenters. The molecule has 3 aliphatic rings. The van der Waals surface area contributed by atoms with E-state index < -0.39 is 11.8 Å². The summed E-state index contributed by atoms with van der Waals surface area (Å²) in [4.78, 5) is 14.5. The van der Waals surface area contributed by atoms with Gasteiger partial charge in [-0.25, -0.2) is 8.78 Å². The minimum atomic E-state index is -2.64. The van der Waals surface area contributed by atoms with Gasteiger partial charge in [0.25, 0.3) is 0 Å². The Morgan fingerprint density at radius 2 is 2.12 bits per heavy atom. The molecule has 1 aromatic heterocycles. The number of hydrogen-bond acceptors (Lipinski definition) is 3. The van der Waals surface area contributed by atoms with Gasteiger partial charge in [-0.3, -0.25) is 14.4 Å². The summed E-state index contributed by atoms with van der Waals surface area (Å²) >= 11 is 0. The number of carbonyl (C=O) groups excluding carboxylic acids is 1. The fourth-order valence-corrected chi connectivity index (χ4v) is 3.96. The second kappa shape index (κ2) is 6.10. The lowest BCUT2D eigenvalue weighted by Crippen LogP contribution is -2.47. The molecule has 0 bridgehead atoms. The topological polar surface area (TPSA) is 50.2 Å². The van der Waals surface area contributed by atoms with Gasteiger partial charge in [0, 0.05) is 63.1 Å². The van der Waals surface area contributed by atoms with Gasteiger partial charge in [0.2, 0.25) is 11.8 Å². The van der Waals surface area contributed by atoms with Crippen LogP contribution in [0.15, 0.2) is 12.3 Å². The summed E-state index contributed by atoms with van der Waals surface area (Å²) in [6, 6.07) is 2.69. The van der Waals surface area contributed by atoms with Crippen molar-refractivity contribution in [3.8, 4) is 0 Å². The highest BCUT2D eigenvalue weighted by atomic mass is 19.3. The molecule has 0 spiro atoms. The molecule has 1 N–H and O–H groups in total. The predicted octanol–water partition coefficient (Wildman–Crippen LogP) is 2.03. The van der Waals surface area contributed by atoms with E-state index in [4.69, 9.17) is 0 Å². The molecule has 1 atom stereocenters. The Labute approximate surface area is 140 Å². The van der Waals surface area contributed by atoms with Crippen LogP contribution in [0.2, 0.25) is 0 Å². The van der Waals surface area contributed by atoms with Crippen molar-refractivity contribution < 1.29 is 13.6 Å². The molecule has 24 heavy (non-hydrogen) atoms. The summed E-state index contributed by atoms with van der Waals surface area (Å²) in [7, 11) is 0. The van der Waals surface area contributed by atoms with Gasteiger partial charge in [-0.15, -0.1) is 0 Å². The Balaban J connectivity index is 1.36. The molecule has 0 radical (unpaired) electrons. The lowest BCUT2D eigenvalue weighted by molar-refractivity contribution is -0.150. The van der Waals surface area contributed by atoms with Crippen molar-refractivity contribution in [1.82, 2.24) is 20.0 Å². The normalized spacial score (nSPS) is 27.7. The summed E-state index contributed by atoms with van der Waals surface area (Å²) in [5.74, 6) is -3.12. The molecule has 132 valence electrons. The maximum Gasteiger partial charge on any atom is 0.249 e. The smallest absolute Gasteiger partial charge is 0.249 e. The summed E-state index contributed by atoms with van der Waals surface area (Å²) in [5.41, 5.74) is 1.22. The van der Waals surface area contributed by atoms with E-state index in [1.807, 2.05) is 10.9 Å². The Bertz CT molecular complexity index is 605. The van der Waals surface area contributed by atoms with E-state index in [-0.39, 0.29) is 24.7 Å². The van der Waals surface area contributed by atoms with Crippen molar-refractivity contribution in [2.24, 2.45) is 11.8 Å². The molecule has 1 amide bonds. The summed E-state index contributed by atoms with van der Waals surface area (Å²) in [6.45, 7) is 3.13. The van der Waals surface area contributed by atoms with E-state index in [1.54, 1.807) is 0 Å². The second-order valence-electron chi connectivity index (χ2n) is 7.59. The third kappa shape index (κ3) is 3.18. The standard InChI is InChI=1S/C17H24F2N4O/c18-17(19)6-13(7-17)16(24)20-8-12-9-22(14-2-1-3-14)11-15-4-5-21-23(15)10-12/h4-5,12-14H,1-3,6-11H2,(H,20,24)/t12-/m1/s1. The number of nitrogens with zero attached hydrogens (tertiary/aromatic N) is 3. The Morgan fingerprint density at radius 3 is 2.79 bits per heavy atom. The number of rotatable bonds is 4. The van der Waals surface area contributed by atoms with Gasteiger partial charge in [0.1, 0.15) is 0 Å². The highest BCUT2D eigenvalue weighted by Gasteiger charge is 2.48. The van der Waals surface area contributed by atoms with Crippen molar-refractivity contribution in [3.05, 3.63) is 18.0 Å². The maximum atomic E-state index is 12.9. The van der Waals surface area contributed by atoms with E-state index in [1.165, 1.54) is 25.0 Å². The maximum absolute atomic E-state index is 12.9. The van der Waals surface area contributed by atoms with Gasteiger partial charge >= 0.3 is 0 Å². The van der Waals surface area contributed by atoms with Gasteiger partial charge < -0.3 is 5.32 Å². The van der Waals surface area contributed by atoms with Crippen LogP contribution in [0.1, 0.15) is 37.8 Å². The first-order chi connectivity index (χ1) is 11.5. The number of hydrogen-bond donors (Lipinski definition) is 1. The van der Waals surface area contributed by atoms with Crippen molar-refractivity contribution in [2.45, 2.75) is 57.2 Å². The van der Waals surface area contributed by atoms with Crippen molar-refractivity contribution in [1.29, 1.82) is 0 Å². The first-order valence-electron chi connectivity index (χ1n) is 8.90. The van der Waals surface area contributed by atoms with Gasteiger partial charge in [0.05, 0.1) is 5.69 Å². The molecule has 5 nitrogen and oxygen atoms in total. The van der Waals surface area contributed by atoms with Crippen LogP contribution in [0.4, 0.5) is 8.78 Å². The summed E-state index contributed by atoms with van der Waals surface area (Å²) < 4.78 is 27.8. The number of halogens is 2. The quantitative estimate of drug-likeness (QED) is 0.914. The van der Waals surface area contributed by atoms with Gasteiger partial charge in [-0.05, 0) is 18.9 Å². The molecule has 0 saturated heterocycles. The van der Waals surface area contributed by atoms with E-state index in [9.17, 15) is 13.6 Å². The van der Waals surface area contributed by atoms with Crippen LogP contribution >= 0.6 is 0 Å². The molecule has 2 aliphatic carbocycles. The van der Waals surface area contributed by atoms with Crippen LogP contribution in [0.3, 0.4) is 0 Å². The van der Waals surface area contributed by atoms with Crippen LogP contribution in [-0.2, 0) is 17.9 Å². The van der Waals surface area contributed by atoms with E-state index in [0.717, 1.165) is 19.6 Å². The fourth-order valence-electron chi connectivity index (χ4n) is 3.96. The number of fused-ring (bicyclic) bond motifs is 1. The van der Waals surface area contributed by atoms with Crippen LogP contribution in [0.25, 0.3) is 0 Å². The summed E-state index contributed by atoms with van der Waals surface area (Å²) in [6.07, 6.45) is 4.99. The zero-order valence-electron chi connectivity index (χ0n) is 13.8. The van der Waals surface area contributed by atoms with E-state index in [0.29, 0.717) is 12.6 Å². The van der Waals surface area contributed by atoms with Crippen molar-refractivity contribution in [2.75, 3.05) is 13.1 Å². The first-order valence-corrected chi connectivity index (χ1v) is 8.90. The average molecular weight is 338 g/mol. The van der Waals surface area contributed by atoms with Crippen LogP contribution < -0.4 is 5.32 Å². The van der Waals surface area contributed by atoms with Gasteiger partial charge in [0.15, 0.2) is 0 Å². The molecule has 1 aromatic rings. The highest BCUT2D eigenvalue weighted by molar-refractivity contribution is 5.79. The molecule has 7 heteroatoms. The molecular formula is C17H24F2N4O. The zero-order valence-corrected chi connectivity index (χ0v) is 13.8. The largest absolute Gasteiger partial charge is 0.355 e. The molecule has 2 fully saturated rings. The Hall–Kier alpha value is -1.50. The number of carbonyl (C=O) groups is 1. The number of aromatic nitrogens is 2. The third-order valence-electron chi connectivity index (χ3n) is 5.71. The minimum Gasteiger partial charge on any atom is -0.355 e. The number of nitrogens with one attached hydrogen (secondary N) is 1. The van der Waals surface area contributed by atoms with E-state index in [2.05, 4.69) is 21.4 Å². The highest BCUT2D eigenvalue weighted by Crippen LogP contribution is 2.42. The molecule has 0 aromatic carbocycles. The molecule has 2 saturated carbocycles. The number of amides is 1. The van der Waals surface area contributed by atoms with Crippen molar-refractivity contribution in [3.63, 3.8) is 0 Å². The monoisotopic (exact) mass is 338 g/mol. The Morgan fingerprint density at radius 1 is 1.33 bits per heavy atom. The minimum absolute atomic E-state index is 0.221. The van der Waals surface area contributed by atoms with Crippen LogP contribution in [0.5, 0.6) is 0 Å². The zero-order chi connectivity index (χ0) is 16.7. The molecular weight excluding hydrogens is 314 g/mol.